The summed E-state index contributed by atoms with van der Waals surface area (Å²) < 4.78 is 5.13. The number of carbonyl (C=O) groups is 1. The van der Waals surface area contributed by atoms with E-state index in [1.165, 1.54) is 12.1 Å². The van der Waals surface area contributed by atoms with Gasteiger partial charge in [0.05, 0.1) is 6.61 Å². The Morgan fingerprint density at radius 1 is 0.909 bits per heavy atom. The molecule has 0 atom stereocenters. The molecular weight excluding hydrogens is 284 g/mol. The van der Waals surface area contributed by atoms with Crippen LogP contribution in [0, 0.1) is 0 Å². The predicted molar refractivity (Wildman–Crippen MR) is 80.9 cm³/mol. The van der Waals surface area contributed by atoms with Crippen molar-refractivity contribution in [3.8, 4) is 17.2 Å². The maximum absolute atomic E-state index is 11.7. The van der Waals surface area contributed by atoms with Crippen LogP contribution in [0.15, 0.2) is 42.5 Å². The molecule has 0 saturated carbocycles. The number of aromatic hydroxyl groups is 3. The second kappa shape index (κ2) is 7.36. The van der Waals surface area contributed by atoms with E-state index < -0.39 is 17.2 Å². The number of esters is 1. The first-order valence-electron chi connectivity index (χ1n) is 7.00. The minimum Gasteiger partial charge on any atom is -0.504 e. The van der Waals surface area contributed by atoms with Gasteiger partial charge in [-0.05, 0) is 23.6 Å². The van der Waals surface area contributed by atoms with Crippen LogP contribution in [0.2, 0.25) is 0 Å². The van der Waals surface area contributed by atoms with Gasteiger partial charge in [0, 0.05) is 12.8 Å². The van der Waals surface area contributed by atoms with Crippen molar-refractivity contribution in [3.05, 3.63) is 53.6 Å². The molecule has 0 fully saturated rings. The summed E-state index contributed by atoms with van der Waals surface area (Å²) in [6, 6.07) is 12.4. The Bertz CT molecular complexity index is 637. The first-order valence-corrected chi connectivity index (χ1v) is 7.00. The lowest BCUT2D eigenvalue weighted by atomic mass is 10.1. The number of benzene rings is 2. The van der Waals surface area contributed by atoms with Crippen LogP contribution in [0.3, 0.4) is 0 Å². The molecule has 0 spiro atoms. The Kier molecular flexibility index (Phi) is 5.25. The Labute approximate surface area is 128 Å². The molecule has 5 nitrogen and oxygen atoms in total. The summed E-state index contributed by atoms with van der Waals surface area (Å²) in [7, 11) is 0. The number of phenols is 3. The van der Waals surface area contributed by atoms with Gasteiger partial charge < -0.3 is 20.1 Å². The van der Waals surface area contributed by atoms with Gasteiger partial charge in [0.2, 0.25) is 5.75 Å². The summed E-state index contributed by atoms with van der Waals surface area (Å²) >= 11 is 0. The van der Waals surface area contributed by atoms with Gasteiger partial charge in [-0.25, -0.2) is 0 Å². The van der Waals surface area contributed by atoms with E-state index >= 15 is 0 Å². The van der Waals surface area contributed by atoms with Crippen molar-refractivity contribution >= 4 is 5.97 Å². The lowest BCUT2D eigenvalue weighted by Gasteiger charge is -2.08. The number of phenolic OH excluding ortho intramolecular Hbond substituents is 3. The number of rotatable bonds is 6. The molecule has 0 unspecified atom stereocenters. The molecule has 0 aliphatic carbocycles. The highest BCUT2D eigenvalue weighted by Gasteiger charge is 2.12. The van der Waals surface area contributed by atoms with Crippen LogP contribution in [-0.2, 0) is 22.4 Å². The van der Waals surface area contributed by atoms with Gasteiger partial charge in [-0.15, -0.1) is 0 Å². The number of ether oxygens (including phenoxy) is 1. The fraction of sp³-hybridized carbons (Fsp3) is 0.235. The Hall–Kier alpha value is -2.69. The van der Waals surface area contributed by atoms with Crippen LogP contribution in [-0.4, -0.2) is 27.9 Å². The van der Waals surface area contributed by atoms with Crippen molar-refractivity contribution in [1.29, 1.82) is 0 Å². The molecule has 0 aromatic heterocycles. The van der Waals surface area contributed by atoms with Gasteiger partial charge in [0.25, 0.3) is 0 Å². The topological polar surface area (TPSA) is 87.0 Å². The average Bonchev–Trinajstić information content (AvgIpc) is 2.53. The molecule has 3 N–H and O–H groups in total. The highest BCUT2D eigenvalue weighted by Crippen LogP contribution is 2.37. The van der Waals surface area contributed by atoms with Crippen LogP contribution in [0.4, 0.5) is 0 Å². The molecule has 2 rings (SSSR count). The lowest BCUT2D eigenvalue weighted by molar-refractivity contribution is -0.143. The van der Waals surface area contributed by atoms with Gasteiger partial charge in [-0.3, -0.25) is 4.79 Å². The minimum atomic E-state index is -0.574. The van der Waals surface area contributed by atoms with Crippen LogP contribution in [0.1, 0.15) is 17.5 Å². The zero-order valence-corrected chi connectivity index (χ0v) is 12.0. The van der Waals surface area contributed by atoms with Crippen molar-refractivity contribution in [2.75, 3.05) is 6.61 Å². The van der Waals surface area contributed by atoms with Crippen LogP contribution < -0.4 is 0 Å². The summed E-state index contributed by atoms with van der Waals surface area (Å²) in [4.78, 5) is 11.7. The lowest BCUT2D eigenvalue weighted by Crippen LogP contribution is -2.08. The normalized spacial score (nSPS) is 10.4. The van der Waals surface area contributed by atoms with E-state index in [2.05, 4.69) is 0 Å². The number of aryl methyl sites for hydroxylation is 1. The van der Waals surface area contributed by atoms with Gasteiger partial charge >= 0.3 is 5.97 Å². The quantitative estimate of drug-likeness (QED) is 0.564. The second-order valence-electron chi connectivity index (χ2n) is 4.90. The number of hydrogen-bond donors (Lipinski definition) is 3. The van der Waals surface area contributed by atoms with Crippen molar-refractivity contribution in [1.82, 2.24) is 0 Å². The van der Waals surface area contributed by atoms with Gasteiger partial charge in [0.15, 0.2) is 11.5 Å². The third kappa shape index (κ3) is 4.15. The second-order valence-corrected chi connectivity index (χ2v) is 4.90. The molecule has 116 valence electrons. The molecular formula is C17H18O5. The first-order chi connectivity index (χ1) is 10.6. The van der Waals surface area contributed by atoms with Crippen LogP contribution in [0.5, 0.6) is 17.2 Å². The standard InChI is InChI=1S/C17H18O5/c18-14-8-6-13(16(20)17(14)21)7-9-15(19)22-11-10-12-4-2-1-3-5-12/h1-6,8,18,20-21H,7,9-11H2. The fourth-order valence-corrected chi connectivity index (χ4v) is 2.05. The third-order valence-corrected chi connectivity index (χ3v) is 3.31. The summed E-state index contributed by atoms with van der Waals surface area (Å²) in [6.45, 7) is 0.301. The smallest absolute Gasteiger partial charge is 0.306 e. The summed E-state index contributed by atoms with van der Waals surface area (Å²) in [5.41, 5.74) is 1.48. The Morgan fingerprint density at radius 3 is 2.36 bits per heavy atom. The molecule has 0 radical (unpaired) electrons. The molecule has 0 saturated heterocycles. The number of hydrogen-bond acceptors (Lipinski definition) is 5. The van der Waals surface area contributed by atoms with Gasteiger partial charge in [-0.1, -0.05) is 36.4 Å². The van der Waals surface area contributed by atoms with E-state index in [0.717, 1.165) is 5.56 Å². The van der Waals surface area contributed by atoms with Crippen LogP contribution in [0.25, 0.3) is 0 Å². The average molecular weight is 302 g/mol. The van der Waals surface area contributed by atoms with E-state index in [9.17, 15) is 20.1 Å². The molecule has 2 aromatic rings. The third-order valence-electron chi connectivity index (χ3n) is 3.31. The zero-order chi connectivity index (χ0) is 15.9. The zero-order valence-electron chi connectivity index (χ0n) is 12.0. The maximum Gasteiger partial charge on any atom is 0.306 e. The van der Waals surface area contributed by atoms with E-state index in [0.29, 0.717) is 18.6 Å². The molecule has 2 aromatic carbocycles. The molecule has 0 amide bonds. The summed E-state index contributed by atoms with van der Waals surface area (Å²) in [5.74, 6) is -1.75. The SMILES string of the molecule is O=C(CCc1ccc(O)c(O)c1O)OCCc1ccccc1. The van der Waals surface area contributed by atoms with Gasteiger partial charge in [0.1, 0.15) is 0 Å². The Balaban J connectivity index is 1.77. The van der Waals surface area contributed by atoms with Crippen LogP contribution >= 0.6 is 0 Å². The minimum absolute atomic E-state index is 0.0898. The highest BCUT2D eigenvalue weighted by atomic mass is 16.5. The van der Waals surface area contributed by atoms with Gasteiger partial charge in [-0.2, -0.15) is 0 Å². The molecule has 0 aliphatic heterocycles. The van der Waals surface area contributed by atoms with E-state index in [1.807, 2.05) is 30.3 Å². The maximum atomic E-state index is 11.7. The van der Waals surface area contributed by atoms with E-state index in [1.54, 1.807) is 0 Å². The van der Waals surface area contributed by atoms with E-state index in [-0.39, 0.29) is 18.8 Å². The molecule has 0 heterocycles. The highest BCUT2D eigenvalue weighted by molar-refractivity contribution is 5.70. The molecule has 0 bridgehead atoms. The first kappa shape index (κ1) is 15.7. The monoisotopic (exact) mass is 302 g/mol. The Morgan fingerprint density at radius 2 is 1.64 bits per heavy atom. The van der Waals surface area contributed by atoms with Crippen molar-refractivity contribution in [3.63, 3.8) is 0 Å². The van der Waals surface area contributed by atoms with Crippen molar-refractivity contribution in [2.24, 2.45) is 0 Å². The van der Waals surface area contributed by atoms with Crippen molar-refractivity contribution in [2.45, 2.75) is 19.3 Å². The molecule has 0 aliphatic rings. The summed E-state index contributed by atoms with van der Waals surface area (Å²) in [5, 5.41) is 28.3. The predicted octanol–water partition coefficient (Wildman–Crippen LogP) is 2.52. The largest absolute Gasteiger partial charge is 0.504 e. The van der Waals surface area contributed by atoms with Crippen molar-refractivity contribution < 1.29 is 24.9 Å². The summed E-state index contributed by atoms with van der Waals surface area (Å²) in [6.07, 6.45) is 0.967. The molecule has 22 heavy (non-hydrogen) atoms. The molecule has 5 heteroatoms. The number of carbonyl (C=O) groups excluding carboxylic acids is 1. The fourth-order valence-electron chi connectivity index (χ4n) is 2.05. The van der Waals surface area contributed by atoms with E-state index in [4.69, 9.17) is 4.74 Å².